The van der Waals surface area contributed by atoms with Crippen molar-refractivity contribution >= 4 is 23.2 Å². The maximum Gasteiger partial charge on any atom is 0.325 e. The molecule has 0 bridgehead atoms. The Kier molecular flexibility index (Phi) is 7.95. The lowest BCUT2D eigenvalue weighted by Gasteiger charge is -2.27. The molecule has 2 aromatic rings. The van der Waals surface area contributed by atoms with E-state index in [1.165, 1.54) is 0 Å². The van der Waals surface area contributed by atoms with E-state index < -0.39 is 6.03 Å². The first-order valence-electron chi connectivity index (χ1n) is 10.7. The number of benzene rings is 2. The predicted octanol–water partition coefficient (Wildman–Crippen LogP) is 3.77. The van der Waals surface area contributed by atoms with Crippen molar-refractivity contribution in [3.63, 3.8) is 0 Å². The molecule has 1 aliphatic rings. The third-order valence-electron chi connectivity index (χ3n) is 5.80. The summed E-state index contributed by atoms with van der Waals surface area (Å²) in [5, 5.41) is 5.15. The van der Waals surface area contributed by atoms with Gasteiger partial charge in [0.05, 0.1) is 33.4 Å². The number of ether oxygens (including phenoxy) is 3. The fourth-order valence-corrected chi connectivity index (χ4v) is 3.81. The third-order valence-corrected chi connectivity index (χ3v) is 5.80. The maximum atomic E-state index is 12.4. The SMILES string of the molecule is COc1cc(OC)c(C2=CCN(CC(=O)NC(=O)Nc3cccc(C)c3C)CC2)c(OC)c1. The lowest BCUT2D eigenvalue weighted by atomic mass is 9.97. The first-order chi connectivity index (χ1) is 15.9. The number of rotatable bonds is 7. The number of aryl methyl sites for hydroxylation is 1. The van der Waals surface area contributed by atoms with Gasteiger partial charge in [0.25, 0.3) is 0 Å². The monoisotopic (exact) mass is 453 g/mol. The summed E-state index contributed by atoms with van der Waals surface area (Å²) in [4.78, 5) is 26.6. The van der Waals surface area contributed by atoms with E-state index in [4.69, 9.17) is 14.2 Å². The van der Waals surface area contributed by atoms with Gasteiger partial charge >= 0.3 is 6.03 Å². The summed E-state index contributed by atoms with van der Waals surface area (Å²) in [6.07, 6.45) is 2.76. The van der Waals surface area contributed by atoms with Gasteiger partial charge in [-0.25, -0.2) is 4.79 Å². The number of nitrogens with one attached hydrogen (secondary N) is 2. The van der Waals surface area contributed by atoms with E-state index in [9.17, 15) is 9.59 Å². The molecular weight excluding hydrogens is 422 g/mol. The first kappa shape index (κ1) is 24.1. The number of carbonyl (C=O) groups is 2. The molecule has 3 amide bonds. The number of methoxy groups -OCH3 is 3. The van der Waals surface area contributed by atoms with Crippen molar-refractivity contribution in [1.82, 2.24) is 10.2 Å². The Labute approximate surface area is 194 Å². The Morgan fingerprint density at radius 2 is 1.73 bits per heavy atom. The Morgan fingerprint density at radius 3 is 2.30 bits per heavy atom. The minimum Gasteiger partial charge on any atom is -0.496 e. The summed E-state index contributed by atoms with van der Waals surface area (Å²) in [6.45, 7) is 5.26. The van der Waals surface area contributed by atoms with Crippen LogP contribution in [0.2, 0.25) is 0 Å². The Balaban J connectivity index is 1.61. The fraction of sp³-hybridized carbons (Fsp3) is 0.360. The van der Waals surface area contributed by atoms with E-state index >= 15 is 0 Å². The zero-order chi connectivity index (χ0) is 24.0. The van der Waals surface area contributed by atoms with E-state index in [0.717, 1.165) is 22.3 Å². The highest BCUT2D eigenvalue weighted by Crippen LogP contribution is 2.40. The Hall–Kier alpha value is -3.52. The lowest BCUT2D eigenvalue weighted by molar-refractivity contribution is -0.121. The van der Waals surface area contributed by atoms with E-state index in [0.29, 0.717) is 42.4 Å². The van der Waals surface area contributed by atoms with Gasteiger partial charge in [-0.3, -0.25) is 15.0 Å². The summed E-state index contributed by atoms with van der Waals surface area (Å²) in [6, 6.07) is 8.77. The zero-order valence-electron chi connectivity index (χ0n) is 19.8. The van der Waals surface area contributed by atoms with Crippen molar-refractivity contribution in [2.75, 3.05) is 46.3 Å². The summed E-state index contributed by atoms with van der Waals surface area (Å²) >= 11 is 0. The van der Waals surface area contributed by atoms with Crippen LogP contribution in [0.5, 0.6) is 17.2 Å². The second kappa shape index (κ2) is 10.9. The molecule has 2 N–H and O–H groups in total. The molecule has 0 unspecified atom stereocenters. The summed E-state index contributed by atoms with van der Waals surface area (Å²) in [5.74, 6) is 1.65. The van der Waals surface area contributed by atoms with Gasteiger partial charge in [-0.15, -0.1) is 0 Å². The van der Waals surface area contributed by atoms with E-state index in [1.54, 1.807) is 21.3 Å². The van der Waals surface area contributed by atoms with E-state index in [2.05, 4.69) is 16.7 Å². The number of carbonyl (C=O) groups excluding carboxylic acids is 2. The molecule has 0 radical (unpaired) electrons. The molecule has 0 spiro atoms. The molecule has 2 aromatic carbocycles. The number of hydrogen-bond donors (Lipinski definition) is 2. The van der Waals surface area contributed by atoms with Crippen LogP contribution >= 0.6 is 0 Å². The minimum atomic E-state index is -0.533. The van der Waals surface area contributed by atoms with Gasteiger partial charge in [-0.1, -0.05) is 18.2 Å². The van der Waals surface area contributed by atoms with E-state index in [-0.39, 0.29) is 12.5 Å². The molecule has 0 saturated carbocycles. The molecule has 0 aliphatic carbocycles. The molecule has 3 rings (SSSR count). The summed E-state index contributed by atoms with van der Waals surface area (Å²) < 4.78 is 16.4. The van der Waals surface area contributed by atoms with Crippen molar-refractivity contribution in [2.45, 2.75) is 20.3 Å². The maximum absolute atomic E-state index is 12.4. The average molecular weight is 454 g/mol. The number of anilines is 1. The quantitative estimate of drug-likeness (QED) is 0.664. The van der Waals surface area contributed by atoms with E-state index in [1.807, 2.05) is 49.1 Å². The number of nitrogens with zero attached hydrogens (tertiary/aromatic N) is 1. The topological polar surface area (TPSA) is 89.1 Å². The molecule has 1 aliphatic heterocycles. The lowest BCUT2D eigenvalue weighted by Crippen LogP contribution is -2.43. The second-order valence-electron chi connectivity index (χ2n) is 7.87. The molecule has 8 nitrogen and oxygen atoms in total. The van der Waals surface area contributed by atoms with Gasteiger partial charge in [0.2, 0.25) is 5.91 Å². The van der Waals surface area contributed by atoms with Crippen LogP contribution in [0.15, 0.2) is 36.4 Å². The van der Waals surface area contributed by atoms with Crippen LogP contribution in [0, 0.1) is 13.8 Å². The Morgan fingerprint density at radius 1 is 1.03 bits per heavy atom. The van der Waals surface area contributed by atoms with Gasteiger partial charge in [0.1, 0.15) is 17.2 Å². The van der Waals surface area contributed by atoms with Crippen LogP contribution in [0.4, 0.5) is 10.5 Å². The summed E-state index contributed by atoms with van der Waals surface area (Å²) in [7, 11) is 4.82. The highest BCUT2D eigenvalue weighted by atomic mass is 16.5. The van der Waals surface area contributed by atoms with Gasteiger partial charge < -0.3 is 19.5 Å². The number of urea groups is 1. The van der Waals surface area contributed by atoms with Crippen molar-refractivity contribution in [3.05, 3.63) is 53.1 Å². The third kappa shape index (κ3) is 5.84. The number of amides is 3. The molecule has 0 fully saturated rings. The Bertz CT molecular complexity index is 1040. The predicted molar refractivity (Wildman–Crippen MR) is 128 cm³/mol. The largest absolute Gasteiger partial charge is 0.496 e. The molecule has 0 saturated heterocycles. The highest BCUT2D eigenvalue weighted by Gasteiger charge is 2.22. The van der Waals surface area contributed by atoms with Crippen molar-refractivity contribution in [2.24, 2.45) is 0 Å². The molecule has 1 heterocycles. The molecule has 8 heteroatoms. The van der Waals surface area contributed by atoms with Gasteiger partial charge in [-0.05, 0) is 43.0 Å². The van der Waals surface area contributed by atoms with Gasteiger partial charge in [-0.2, -0.15) is 0 Å². The molecule has 176 valence electrons. The number of imide groups is 1. The van der Waals surface area contributed by atoms with Crippen LogP contribution in [0.1, 0.15) is 23.1 Å². The molecule has 0 aromatic heterocycles. The van der Waals surface area contributed by atoms with Crippen LogP contribution in [-0.4, -0.2) is 57.8 Å². The molecular formula is C25H31N3O5. The fourth-order valence-electron chi connectivity index (χ4n) is 3.81. The first-order valence-corrected chi connectivity index (χ1v) is 10.7. The van der Waals surface area contributed by atoms with Crippen molar-refractivity contribution in [3.8, 4) is 17.2 Å². The standard InChI is InChI=1S/C25H31N3O5/c1-16-7-6-8-20(17(16)2)26-25(30)27-23(29)15-28-11-9-18(10-12-28)24-21(32-4)13-19(31-3)14-22(24)33-5/h6-9,13-14H,10-12,15H2,1-5H3,(H2,26,27,29,30). The van der Waals surface area contributed by atoms with Gasteiger partial charge in [0.15, 0.2) is 0 Å². The highest BCUT2D eigenvalue weighted by molar-refractivity contribution is 6.02. The van der Waals surface area contributed by atoms with Crippen LogP contribution in [0.25, 0.3) is 5.57 Å². The van der Waals surface area contributed by atoms with Crippen molar-refractivity contribution < 1.29 is 23.8 Å². The zero-order valence-corrected chi connectivity index (χ0v) is 19.8. The van der Waals surface area contributed by atoms with Crippen molar-refractivity contribution in [1.29, 1.82) is 0 Å². The number of hydrogen-bond acceptors (Lipinski definition) is 6. The average Bonchev–Trinajstić information content (AvgIpc) is 2.81. The van der Waals surface area contributed by atoms with Crippen LogP contribution in [0.3, 0.4) is 0 Å². The van der Waals surface area contributed by atoms with Gasteiger partial charge in [0, 0.05) is 30.9 Å². The van der Waals surface area contributed by atoms with Crippen LogP contribution in [-0.2, 0) is 4.79 Å². The minimum absolute atomic E-state index is 0.126. The summed E-state index contributed by atoms with van der Waals surface area (Å²) in [5.41, 5.74) is 4.69. The molecule has 33 heavy (non-hydrogen) atoms. The normalized spacial score (nSPS) is 13.7. The second-order valence-corrected chi connectivity index (χ2v) is 7.87. The smallest absolute Gasteiger partial charge is 0.325 e. The van der Waals surface area contributed by atoms with Crippen LogP contribution < -0.4 is 24.8 Å². The molecule has 0 atom stereocenters.